The molecule has 0 spiro atoms. The molecule has 0 fully saturated rings. The van der Waals surface area contributed by atoms with Crippen molar-refractivity contribution in [2.75, 3.05) is 11.9 Å². The third-order valence-corrected chi connectivity index (χ3v) is 4.01. The molecule has 0 bridgehead atoms. The van der Waals surface area contributed by atoms with Crippen molar-refractivity contribution in [3.8, 4) is 17.3 Å². The molecule has 0 saturated heterocycles. The SMILES string of the molecule is CCOc1ccc(NC(=O)[C@H](C)Oc2nn(-c3ccccc3)cc2Cl)cc1. The van der Waals surface area contributed by atoms with Crippen LogP contribution in [0.15, 0.2) is 60.8 Å². The fourth-order valence-corrected chi connectivity index (χ4v) is 2.57. The Morgan fingerprint density at radius 2 is 1.89 bits per heavy atom. The number of anilines is 1. The lowest BCUT2D eigenvalue weighted by molar-refractivity contribution is -0.122. The number of carbonyl (C=O) groups excluding carboxylic acids is 1. The fraction of sp³-hybridized carbons (Fsp3) is 0.200. The lowest BCUT2D eigenvalue weighted by Crippen LogP contribution is -2.30. The topological polar surface area (TPSA) is 65.4 Å². The Kier molecular flexibility index (Phi) is 5.98. The molecule has 0 radical (unpaired) electrons. The van der Waals surface area contributed by atoms with Gasteiger partial charge in [-0.15, -0.1) is 5.10 Å². The minimum absolute atomic E-state index is 0.204. The molecule has 1 heterocycles. The van der Waals surface area contributed by atoms with Crippen LogP contribution >= 0.6 is 11.6 Å². The van der Waals surface area contributed by atoms with Gasteiger partial charge in [0.25, 0.3) is 11.8 Å². The molecule has 0 aliphatic carbocycles. The van der Waals surface area contributed by atoms with Crippen LogP contribution < -0.4 is 14.8 Å². The minimum atomic E-state index is -0.770. The maximum absolute atomic E-state index is 12.4. The van der Waals surface area contributed by atoms with Crippen LogP contribution in [-0.4, -0.2) is 28.4 Å². The molecule has 0 saturated carbocycles. The lowest BCUT2D eigenvalue weighted by Gasteiger charge is -2.13. The summed E-state index contributed by atoms with van der Waals surface area (Å²) in [5, 5.41) is 7.43. The summed E-state index contributed by atoms with van der Waals surface area (Å²) in [4.78, 5) is 12.4. The monoisotopic (exact) mass is 385 g/mol. The molecule has 7 heteroatoms. The highest BCUT2D eigenvalue weighted by molar-refractivity contribution is 6.31. The number of rotatable bonds is 7. The zero-order chi connectivity index (χ0) is 19.2. The first-order valence-corrected chi connectivity index (χ1v) is 8.95. The van der Waals surface area contributed by atoms with Gasteiger partial charge in [0.2, 0.25) is 0 Å². The Bertz CT molecular complexity index is 895. The minimum Gasteiger partial charge on any atom is -0.494 e. The number of aromatic nitrogens is 2. The molecule has 1 atom stereocenters. The van der Waals surface area contributed by atoms with Crippen molar-refractivity contribution in [3.63, 3.8) is 0 Å². The molecule has 1 N–H and O–H groups in total. The van der Waals surface area contributed by atoms with Crippen LogP contribution in [0.25, 0.3) is 5.69 Å². The van der Waals surface area contributed by atoms with Gasteiger partial charge >= 0.3 is 0 Å². The number of hydrogen-bond donors (Lipinski definition) is 1. The lowest BCUT2D eigenvalue weighted by atomic mass is 10.3. The van der Waals surface area contributed by atoms with Gasteiger partial charge < -0.3 is 14.8 Å². The maximum atomic E-state index is 12.4. The van der Waals surface area contributed by atoms with Crippen molar-refractivity contribution < 1.29 is 14.3 Å². The van der Waals surface area contributed by atoms with Crippen LogP contribution in [0.1, 0.15) is 13.8 Å². The molecule has 6 nitrogen and oxygen atoms in total. The van der Waals surface area contributed by atoms with E-state index in [0.717, 1.165) is 11.4 Å². The fourth-order valence-electron chi connectivity index (χ4n) is 2.40. The van der Waals surface area contributed by atoms with Crippen molar-refractivity contribution in [1.82, 2.24) is 9.78 Å². The van der Waals surface area contributed by atoms with E-state index in [0.29, 0.717) is 17.3 Å². The highest BCUT2D eigenvalue weighted by Gasteiger charge is 2.19. The van der Waals surface area contributed by atoms with E-state index in [2.05, 4.69) is 10.4 Å². The third kappa shape index (κ3) is 4.80. The van der Waals surface area contributed by atoms with Crippen molar-refractivity contribution in [1.29, 1.82) is 0 Å². The smallest absolute Gasteiger partial charge is 0.265 e. The van der Waals surface area contributed by atoms with Crippen LogP contribution in [0, 0.1) is 0 Å². The van der Waals surface area contributed by atoms with Crippen LogP contribution in [0.2, 0.25) is 5.02 Å². The van der Waals surface area contributed by atoms with Gasteiger partial charge in [-0.2, -0.15) is 0 Å². The predicted octanol–water partition coefficient (Wildman–Crippen LogP) is 4.33. The van der Waals surface area contributed by atoms with E-state index in [1.807, 2.05) is 37.3 Å². The van der Waals surface area contributed by atoms with E-state index in [-0.39, 0.29) is 11.8 Å². The summed E-state index contributed by atoms with van der Waals surface area (Å²) >= 11 is 6.20. The summed E-state index contributed by atoms with van der Waals surface area (Å²) < 4.78 is 12.6. The summed E-state index contributed by atoms with van der Waals surface area (Å²) in [5.41, 5.74) is 1.50. The van der Waals surface area contributed by atoms with E-state index in [9.17, 15) is 4.79 Å². The van der Waals surface area contributed by atoms with E-state index in [4.69, 9.17) is 21.1 Å². The second-order valence-electron chi connectivity index (χ2n) is 5.77. The summed E-state index contributed by atoms with van der Waals surface area (Å²) in [6, 6.07) is 16.6. The number of hydrogen-bond acceptors (Lipinski definition) is 4. The molecular weight excluding hydrogens is 366 g/mol. The highest BCUT2D eigenvalue weighted by atomic mass is 35.5. The van der Waals surface area contributed by atoms with Crippen molar-refractivity contribution in [2.24, 2.45) is 0 Å². The van der Waals surface area contributed by atoms with Crippen LogP contribution in [0.5, 0.6) is 11.6 Å². The summed E-state index contributed by atoms with van der Waals surface area (Å²) in [7, 11) is 0. The number of ether oxygens (including phenoxy) is 2. The van der Waals surface area contributed by atoms with Gasteiger partial charge in [-0.25, -0.2) is 4.68 Å². The molecule has 27 heavy (non-hydrogen) atoms. The quantitative estimate of drug-likeness (QED) is 0.657. The van der Waals surface area contributed by atoms with Crippen LogP contribution in [0.4, 0.5) is 5.69 Å². The average Bonchev–Trinajstić information content (AvgIpc) is 3.04. The summed E-state index contributed by atoms with van der Waals surface area (Å²) in [6.45, 7) is 4.15. The number of carbonyl (C=O) groups is 1. The zero-order valence-corrected chi connectivity index (χ0v) is 15.8. The zero-order valence-electron chi connectivity index (χ0n) is 15.1. The number of benzene rings is 2. The second-order valence-corrected chi connectivity index (χ2v) is 6.18. The Balaban J connectivity index is 1.63. The normalized spacial score (nSPS) is 11.7. The molecule has 140 valence electrons. The van der Waals surface area contributed by atoms with Gasteiger partial charge in [0, 0.05) is 5.69 Å². The largest absolute Gasteiger partial charge is 0.494 e. The Labute approximate surface area is 162 Å². The Morgan fingerprint density at radius 3 is 2.56 bits per heavy atom. The molecule has 0 aliphatic rings. The summed E-state index contributed by atoms with van der Waals surface area (Å²) in [6.07, 6.45) is 0.872. The number of amides is 1. The van der Waals surface area contributed by atoms with E-state index in [1.54, 1.807) is 42.1 Å². The van der Waals surface area contributed by atoms with Gasteiger partial charge in [-0.05, 0) is 50.2 Å². The van der Waals surface area contributed by atoms with Crippen molar-refractivity contribution in [3.05, 3.63) is 65.8 Å². The molecular formula is C20H20ClN3O3. The van der Waals surface area contributed by atoms with Crippen molar-refractivity contribution >= 4 is 23.2 Å². The van der Waals surface area contributed by atoms with E-state index < -0.39 is 6.10 Å². The molecule has 0 aliphatic heterocycles. The van der Waals surface area contributed by atoms with Gasteiger partial charge in [0.15, 0.2) is 6.10 Å². The molecule has 1 aromatic heterocycles. The molecule has 3 aromatic rings. The van der Waals surface area contributed by atoms with Gasteiger partial charge in [-0.1, -0.05) is 29.8 Å². The van der Waals surface area contributed by atoms with Crippen LogP contribution in [0.3, 0.4) is 0 Å². The number of para-hydroxylation sites is 1. The number of nitrogens with zero attached hydrogens (tertiary/aromatic N) is 2. The number of halogens is 1. The van der Waals surface area contributed by atoms with E-state index in [1.165, 1.54) is 0 Å². The third-order valence-electron chi connectivity index (χ3n) is 3.75. The van der Waals surface area contributed by atoms with Gasteiger partial charge in [0.05, 0.1) is 18.5 Å². The van der Waals surface area contributed by atoms with Crippen molar-refractivity contribution in [2.45, 2.75) is 20.0 Å². The van der Waals surface area contributed by atoms with Gasteiger partial charge in [0.1, 0.15) is 10.8 Å². The second kappa shape index (κ2) is 8.60. The highest BCUT2D eigenvalue weighted by Crippen LogP contribution is 2.25. The Hall–Kier alpha value is -2.99. The molecule has 1 amide bonds. The average molecular weight is 386 g/mol. The maximum Gasteiger partial charge on any atom is 0.265 e. The first kappa shape index (κ1) is 18.8. The summed E-state index contributed by atoms with van der Waals surface area (Å²) in [5.74, 6) is 0.650. The number of nitrogens with one attached hydrogen (secondary N) is 1. The predicted molar refractivity (Wildman–Crippen MR) is 105 cm³/mol. The van der Waals surface area contributed by atoms with Gasteiger partial charge in [-0.3, -0.25) is 4.79 Å². The standard InChI is InChI=1S/C20H20ClN3O3/c1-3-26-17-11-9-15(10-12-17)22-19(25)14(2)27-20-18(21)13-24(23-20)16-7-5-4-6-8-16/h4-14H,3H2,1-2H3,(H,22,25)/t14-/m0/s1. The Morgan fingerprint density at radius 1 is 1.19 bits per heavy atom. The van der Waals surface area contributed by atoms with Crippen LogP contribution in [-0.2, 0) is 4.79 Å². The first-order valence-electron chi connectivity index (χ1n) is 8.58. The molecule has 3 rings (SSSR count). The molecule has 0 unspecified atom stereocenters. The first-order chi connectivity index (χ1) is 13.1. The van der Waals surface area contributed by atoms with E-state index >= 15 is 0 Å². The molecule has 2 aromatic carbocycles.